The van der Waals surface area contributed by atoms with Crippen molar-refractivity contribution in [2.75, 3.05) is 38.5 Å². The normalized spacial score (nSPS) is 15.9. The molecule has 1 amide bonds. The first-order valence-electron chi connectivity index (χ1n) is 7.40. The van der Waals surface area contributed by atoms with Gasteiger partial charge in [0, 0.05) is 39.8 Å². The summed E-state index contributed by atoms with van der Waals surface area (Å²) in [7, 11) is 0.957. The van der Waals surface area contributed by atoms with E-state index < -0.39 is 10.2 Å². The predicted molar refractivity (Wildman–Crippen MR) is 87.2 cm³/mol. The number of likely N-dealkylation sites (tertiary alicyclic amines) is 1. The van der Waals surface area contributed by atoms with Gasteiger partial charge in [-0.05, 0) is 43.5 Å². The molecule has 6 nitrogen and oxygen atoms in total. The quantitative estimate of drug-likeness (QED) is 0.844. The van der Waals surface area contributed by atoms with Crippen LogP contribution in [0.5, 0.6) is 0 Å². The predicted octanol–water partition coefficient (Wildman–Crippen LogP) is 1.56. The van der Waals surface area contributed by atoms with Gasteiger partial charge in [0.25, 0.3) is 5.91 Å². The van der Waals surface area contributed by atoms with Crippen LogP contribution in [0.3, 0.4) is 0 Å². The molecule has 1 aliphatic rings. The molecule has 1 heterocycles. The van der Waals surface area contributed by atoms with Gasteiger partial charge in [-0.2, -0.15) is 12.7 Å². The molecule has 0 unspecified atom stereocenters. The largest absolute Gasteiger partial charge is 0.339 e. The maximum absolute atomic E-state index is 12.4. The van der Waals surface area contributed by atoms with Crippen molar-refractivity contribution in [2.24, 2.45) is 0 Å². The fraction of sp³-hybridized carbons (Fsp3) is 0.533. The molecule has 0 bridgehead atoms. The first-order chi connectivity index (χ1) is 10.3. The summed E-state index contributed by atoms with van der Waals surface area (Å²) < 4.78 is 26.5. The van der Waals surface area contributed by atoms with Gasteiger partial charge < -0.3 is 4.90 Å². The Morgan fingerprint density at radius 3 is 2.05 bits per heavy atom. The van der Waals surface area contributed by atoms with Crippen molar-refractivity contribution in [1.29, 1.82) is 0 Å². The van der Waals surface area contributed by atoms with E-state index in [2.05, 4.69) is 0 Å². The first-order valence-corrected chi connectivity index (χ1v) is 8.79. The summed E-state index contributed by atoms with van der Waals surface area (Å²) in [4.78, 5) is 14.2. The molecule has 0 aliphatic carbocycles. The number of amides is 1. The average molecular weight is 325 g/mol. The van der Waals surface area contributed by atoms with E-state index in [1.807, 2.05) is 4.90 Å². The standard InChI is InChI=1S/C15H23N3O3S/c1-16(2)22(20,21)17(3)14-9-7-13(8-10-14)15(19)18-11-5-4-6-12-18/h7-10H,4-6,11-12H2,1-3H3. The third-order valence-electron chi connectivity index (χ3n) is 3.93. The topological polar surface area (TPSA) is 60.9 Å². The fourth-order valence-corrected chi connectivity index (χ4v) is 3.35. The molecule has 0 aromatic heterocycles. The monoisotopic (exact) mass is 325 g/mol. The van der Waals surface area contributed by atoms with E-state index in [1.165, 1.54) is 31.9 Å². The Kier molecular flexibility index (Phi) is 5.08. The second-order valence-corrected chi connectivity index (χ2v) is 7.83. The number of carbonyl (C=O) groups excluding carboxylic acids is 1. The van der Waals surface area contributed by atoms with Gasteiger partial charge in [-0.3, -0.25) is 9.10 Å². The second-order valence-electron chi connectivity index (χ2n) is 5.66. The SMILES string of the molecule is CN(C)S(=O)(=O)N(C)c1ccc(C(=O)N2CCCCC2)cc1. The molecule has 0 saturated carbocycles. The number of hydrogen-bond donors (Lipinski definition) is 0. The van der Waals surface area contributed by atoms with Gasteiger partial charge in [0.2, 0.25) is 0 Å². The van der Waals surface area contributed by atoms with Crippen LogP contribution in [0.25, 0.3) is 0 Å². The maximum atomic E-state index is 12.4. The van der Waals surface area contributed by atoms with Crippen molar-refractivity contribution >= 4 is 21.8 Å². The minimum absolute atomic E-state index is 0.0179. The lowest BCUT2D eigenvalue weighted by Crippen LogP contribution is -2.37. The molecule has 0 radical (unpaired) electrons. The lowest BCUT2D eigenvalue weighted by Gasteiger charge is -2.27. The molecule has 1 fully saturated rings. The van der Waals surface area contributed by atoms with Crippen molar-refractivity contribution in [3.8, 4) is 0 Å². The van der Waals surface area contributed by atoms with Crippen LogP contribution in [0.4, 0.5) is 5.69 Å². The van der Waals surface area contributed by atoms with Gasteiger partial charge in [0.05, 0.1) is 5.69 Å². The highest BCUT2D eigenvalue weighted by Crippen LogP contribution is 2.20. The second kappa shape index (κ2) is 6.66. The lowest BCUT2D eigenvalue weighted by atomic mass is 10.1. The van der Waals surface area contributed by atoms with Crippen LogP contribution in [0, 0.1) is 0 Å². The van der Waals surface area contributed by atoms with Gasteiger partial charge in [0.15, 0.2) is 0 Å². The van der Waals surface area contributed by atoms with Crippen molar-refractivity contribution in [2.45, 2.75) is 19.3 Å². The zero-order valence-corrected chi connectivity index (χ0v) is 14.1. The molecule has 0 atom stereocenters. The van der Waals surface area contributed by atoms with Crippen molar-refractivity contribution < 1.29 is 13.2 Å². The van der Waals surface area contributed by atoms with E-state index in [9.17, 15) is 13.2 Å². The van der Waals surface area contributed by atoms with Gasteiger partial charge in [-0.15, -0.1) is 0 Å². The van der Waals surface area contributed by atoms with Crippen LogP contribution < -0.4 is 4.31 Å². The lowest BCUT2D eigenvalue weighted by molar-refractivity contribution is 0.0724. The molecule has 122 valence electrons. The van der Waals surface area contributed by atoms with Crippen LogP contribution in [0.1, 0.15) is 29.6 Å². The molecule has 1 aromatic rings. The van der Waals surface area contributed by atoms with Gasteiger partial charge >= 0.3 is 10.2 Å². The molecule has 0 spiro atoms. The molecule has 2 rings (SSSR count). The van der Waals surface area contributed by atoms with Crippen LogP contribution in [-0.2, 0) is 10.2 Å². The smallest absolute Gasteiger partial charge is 0.303 e. The van der Waals surface area contributed by atoms with E-state index in [-0.39, 0.29) is 5.91 Å². The highest BCUT2D eigenvalue weighted by Gasteiger charge is 2.22. The summed E-state index contributed by atoms with van der Waals surface area (Å²) in [6.07, 6.45) is 3.27. The Bertz CT molecular complexity index is 620. The Labute approximate surface area is 132 Å². The summed E-state index contributed by atoms with van der Waals surface area (Å²) in [6, 6.07) is 6.71. The number of benzene rings is 1. The Balaban J connectivity index is 2.15. The van der Waals surface area contributed by atoms with E-state index in [0.717, 1.165) is 30.2 Å². The highest BCUT2D eigenvalue weighted by molar-refractivity contribution is 7.90. The third-order valence-corrected chi connectivity index (χ3v) is 5.75. The van der Waals surface area contributed by atoms with Crippen molar-refractivity contribution in [1.82, 2.24) is 9.21 Å². The Morgan fingerprint density at radius 1 is 1.00 bits per heavy atom. The molecule has 0 N–H and O–H groups in total. The van der Waals surface area contributed by atoms with Gasteiger partial charge in [-0.1, -0.05) is 0 Å². The minimum Gasteiger partial charge on any atom is -0.339 e. The fourth-order valence-electron chi connectivity index (χ4n) is 2.47. The first kappa shape index (κ1) is 16.8. The van der Waals surface area contributed by atoms with Crippen LogP contribution >= 0.6 is 0 Å². The number of piperidine rings is 1. The summed E-state index contributed by atoms with van der Waals surface area (Å²) in [5.74, 6) is 0.0179. The van der Waals surface area contributed by atoms with Crippen LogP contribution in [-0.4, -0.2) is 57.8 Å². The molecule has 1 aromatic carbocycles. The molecular weight excluding hydrogens is 302 g/mol. The third kappa shape index (κ3) is 3.41. The number of anilines is 1. The molecule has 22 heavy (non-hydrogen) atoms. The van der Waals surface area contributed by atoms with Gasteiger partial charge in [-0.25, -0.2) is 0 Å². The average Bonchev–Trinajstić information content (AvgIpc) is 2.54. The van der Waals surface area contributed by atoms with E-state index >= 15 is 0 Å². The minimum atomic E-state index is -3.51. The van der Waals surface area contributed by atoms with Crippen molar-refractivity contribution in [3.05, 3.63) is 29.8 Å². The summed E-state index contributed by atoms with van der Waals surface area (Å²) in [5, 5.41) is 0. The summed E-state index contributed by atoms with van der Waals surface area (Å²) >= 11 is 0. The number of rotatable bonds is 4. The number of carbonyl (C=O) groups is 1. The molecule has 7 heteroatoms. The van der Waals surface area contributed by atoms with Gasteiger partial charge in [0.1, 0.15) is 0 Å². The van der Waals surface area contributed by atoms with Crippen LogP contribution in [0.2, 0.25) is 0 Å². The number of nitrogens with zero attached hydrogens (tertiary/aromatic N) is 3. The van der Waals surface area contributed by atoms with E-state index in [4.69, 9.17) is 0 Å². The maximum Gasteiger partial charge on any atom is 0.303 e. The molecular formula is C15H23N3O3S. The highest BCUT2D eigenvalue weighted by atomic mass is 32.2. The Morgan fingerprint density at radius 2 is 1.55 bits per heavy atom. The van der Waals surface area contributed by atoms with Crippen molar-refractivity contribution in [3.63, 3.8) is 0 Å². The molecule has 1 saturated heterocycles. The zero-order valence-electron chi connectivity index (χ0n) is 13.3. The summed E-state index contributed by atoms with van der Waals surface area (Å²) in [5.41, 5.74) is 1.13. The van der Waals surface area contributed by atoms with E-state index in [1.54, 1.807) is 24.3 Å². The Hall–Kier alpha value is -1.60. The van der Waals surface area contributed by atoms with E-state index in [0.29, 0.717) is 11.3 Å². The van der Waals surface area contributed by atoms with Crippen LogP contribution in [0.15, 0.2) is 24.3 Å². The number of hydrogen-bond acceptors (Lipinski definition) is 3. The zero-order chi connectivity index (χ0) is 16.3. The summed E-state index contributed by atoms with van der Waals surface area (Å²) in [6.45, 7) is 1.60. The molecule has 1 aliphatic heterocycles.